The largest absolute Gasteiger partial charge is 0.488 e. The minimum atomic E-state index is -1.04. The number of benzene rings is 3. The predicted molar refractivity (Wildman–Crippen MR) is 133 cm³/mol. The quantitative estimate of drug-likeness (QED) is 0.449. The van der Waals surface area contributed by atoms with Crippen LogP contribution in [0.1, 0.15) is 24.0 Å². The van der Waals surface area contributed by atoms with Crippen molar-refractivity contribution < 1.29 is 14.9 Å². The number of ether oxygens (including phenoxy) is 1. The van der Waals surface area contributed by atoms with Crippen LogP contribution >= 0.6 is 23.2 Å². The Balaban J connectivity index is 1.38. The third-order valence-electron chi connectivity index (χ3n) is 6.41. The van der Waals surface area contributed by atoms with Gasteiger partial charge in [0, 0.05) is 6.54 Å². The minimum absolute atomic E-state index is 0.0777. The zero-order valence-corrected chi connectivity index (χ0v) is 19.9. The van der Waals surface area contributed by atoms with Gasteiger partial charge in [-0.15, -0.1) is 0 Å². The molecule has 0 amide bonds. The maximum atomic E-state index is 12.0. The van der Waals surface area contributed by atoms with Crippen molar-refractivity contribution in [2.75, 3.05) is 26.2 Å². The summed E-state index contributed by atoms with van der Waals surface area (Å²) in [7, 11) is 0. The molecule has 1 unspecified atom stereocenters. The highest BCUT2D eigenvalue weighted by atomic mass is 35.5. The van der Waals surface area contributed by atoms with Gasteiger partial charge in [0.25, 0.3) is 0 Å². The Bertz CT molecular complexity index is 964. The van der Waals surface area contributed by atoms with Crippen LogP contribution in [0.3, 0.4) is 0 Å². The number of aliphatic hydroxyl groups is 2. The normalized spacial score (nSPS) is 16.5. The molecule has 0 radical (unpaired) electrons. The highest BCUT2D eigenvalue weighted by Gasteiger charge is 2.41. The molecule has 0 spiro atoms. The number of nitrogens with zero attached hydrogens (tertiary/aromatic N) is 1. The summed E-state index contributed by atoms with van der Waals surface area (Å²) >= 11 is 12.3. The fraction of sp³-hybridized carbons (Fsp3) is 0.333. The first kappa shape index (κ1) is 24.1. The first-order valence-corrected chi connectivity index (χ1v) is 12.0. The Labute approximate surface area is 205 Å². The average molecular weight is 486 g/mol. The standard InChI is InChI=1S/C27H29Cl2NO3/c28-24-12-7-13-25(29)26(24)33-19-23(31)18-30-16-14-22(15-17-30)27(32,20-8-3-1-4-9-20)21-10-5-2-6-11-21/h1-13,22-23,31-32H,14-19H2. The summed E-state index contributed by atoms with van der Waals surface area (Å²) in [6.45, 7) is 2.18. The number of likely N-dealkylation sites (tertiary alicyclic amines) is 1. The van der Waals surface area contributed by atoms with E-state index in [1.807, 2.05) is 60.7 Å². The lowest BCUT2D eigenvalue weighted by atomic mass is 9.72. The van der Waals surface area contributed by atoms with E-state index in [9.17, 15) is 10.2 Å². The first-order valence-electron chi connectivity index (χ1n) is 11.3. The summed E-state index contributed by atoms with van der Waals surface area (Å²) in [4.78, 5) is 2.22. The van der Waals surface area contributed by atoms with Gasteiger partial charge in [-0.2, -0.15) is 0 Å². The molecule has 4 rings (SSSR count). The van der Waals surface area contributed by atoms with Crippen LogP contribution in [-0.4, -0.2) is 47.5 Å². The van der Waals surface area contributed by atoms with Crippen LogP contribution in [-0.2, 0) is 5.60 Å². The minimum Gasteiger partial charge on any atom is -0.488 e. The SMILES string of the molecule is OC(COc1c(Cl)cccc1Cl)CN1CCC(C(O)(c2ccccc2)c2ccccc2)CC1. The van der Waals surface area contributed by atoms with E-state index < -0.39 is 11.7 Å². The van der Waals surface area contributed by atoms with Gasteiger partial charge in [0.2, 0.25) is 0 Å². The van der Waals surface area contributed by atoms with Gasteiger partial charge in [-0.1, -0.05) is 89.9 Å². The Morgan fingerprint density at radius 3 is 1.88 bits per heavy atom. The average Bonchev–Trinajstić information content (AvgIpc) is 2.85. The number of β-amino-alcohol motifs (C(OH)–C–C–N with tert-alkyl or cyclic N) is 1. The molecule has 2 N–H and O–H groups in total. The second kappa shape index (κ2) is 10.9. The molecule has 0 bridgehead atoms. The van der Waals surface area contributed by atoms with Crippen molar-refractivity contribution in [2.45, 2.75) is 24.5 Å². The lowest BCUT2D eigenvalue weighted by Gasteiger charge is -2.42. The number of hydrogen-bond donors (Lipinski definition) is 2. The Kier molecular flexibility index (Phi) is 7.94. The number of para-hydroxylation sites is 1. The van der Waals surface area contributed by atoms with Gasteiger partial charge in [0.15, 0.2) is 5.75 Å². The number of aliphatic hydroxyl groups excluding tert-OH is 1. The van der Waals surface area contributed by atoms with Crippen molar-refractivity contribution in [1.29, 1.82) is 0 Å². The summed E-state index contributed by atoms with van der Waals surface area (Å²) in [5.41, 5.74) is 0.788. The fourth-order valence-corrected chi connectivity index (χ4v) is 5.21. The van der Waals surface area contributed by atoms with Crippen molar-refractivity contribution in [3.05, 3.63) is 100 Å². The molecule has 0 saturated carbocycles. The third kappa shape index (κ3) is 5.53. The second-order valence-corrected chi connectivity index (χ2v) is 9.40. The molecule has 1 aliphatic heterocycles. The number of piperidine rings is 1. The lowest BCUT2D eigenvalue weighted by molar-refractivity contribution is -0.0222. The van der Waals surface area contributed by atoms with Crippen molar-refractivity contribution >= 4 is 23.2 Å². The molecule has 4 nitrogen and oxygen atoms in total. The molecule has 33 heavy (non-hydrogen) atoms. The molecule has 1 aliphatic rings. The highest BCUT2D eigenvalue weighted by Crippen LogP contribution is 2.42. The van der Waals surface area contributed by atoms with E-state index >= 15 is 0 Å². The zero-order chi connectivity index (χ0) is 23.3. The van der Waals surface area contributed by atoms with Crippen LogP contribution in [0.4, 0.5) is 0 Å². The Morgan fingerprint density at radius 2 is 1.36 bits per heavy atom. The summed E-state index contributed by atoms with van der Waals surface area (Å²) in [6, 6.07) is 25.0. The van der Waals surface area contributed by atoms with Gasteiger partial charge >= 0.3 is 0 Å². The van der Waals surface area contributed by atoms with Gasteiger partial charge in [0.05, 0.1) is 10.0 Å². The van der Waals surface area contributed by atoms with Gasteiger partial charge in [0.1, 0.15) is 18.3 Å². The van der Waals surface area contributed by atoms with Crippen molar-refractivity contribution in [2.24, 2.45) is 5.92 Å². The van der Waals surface area contributed by atoms with E-state index in [0.29, 0.717) is 22.3 Å². The molecular formula is C27H29Cl2NO3. The predicted octanol–water partition coefficient (Wildman–Crippen LogP) is 5.38. The highest BCUT2D eigenvalue weighted by molar-refractivity contribution is 6.37. The zero-order valence-electron chi connectivity index (χ0n) is 18.4. The van der Waals surface area contributed by atoms with Crippen LogP contribution in [0.2, 0.25) is 10.0 Å². The molecule has 3 aromatic carbocycles. The van der Waals surface area contributed by atoms with Gasteiger partial charge in [-0.3, -0.25) is 0 Å². The molecule has 1 atom stereocenters. The maximum absolute atomic E-state index is 12.0. The van der Waals surface area contributed by atoms with E-state index in [2.05, 4.69) is 4.90 Å². The second-order valence-electron chi connectivity index (χ2n) is 8.59. The van der Waals surface area contributed by atoms with Crippen LogP contribution in [0.15, 0.2) is 78.9 Å². The topological polar surface area (TPSA) is 52.9 Å². The van der Waals surface area contributed by atoms with Gasteiger partial charge < -0.3 is 19.8 Å². The molecule has 174 valence electrons. The van der Waals surface area contributed by atoms with Crippen molar-refractivity contribution in [1.82, 2.24) is 4.90 Å². The fourth-order valence-electron chi connectivity index (χ4n) is 4.71. The first-order chi connectivity index (χ1) is 16.0. The molecule has 3 aromatic rings. The van der Waals surface area contributed by atoms with Crippen LogP contribution in [0.25, 0.3) is 0 Å². The molecule has 1 fully saturated rings. The molecule has 6 heteroatoms. The third-order valence-corrected chi connectivity index (χ3v) is 7.01. The summed E-state index contributed by atoms with van der Waals surface area (Å²) < 4.78 is 5.68. The van der Waals surface area contributed by atoms with E-state index in [4.69, 9.17) is 27.9 Å². The van der Waals surface area contributed by atoms with Crippen molar-refractivity contribution in [3.63, 3.8) is 0 Å². The lowest BCUT2D eigenvalue weighted by Crippen LogP contribution is -2.46. The van der Waals surface area contributed by atoms with E-state index in [0.717, 1.165) is 37.1 Å². The van der Waals surface area contributed by atoms with E-state index in [-0.39, 0.29) is 12.5 Å². The maximum Gasteiger partial charge on any atom is 0.156 e. The number of rotatable bonds is 8. The van der Waals surface area contributed by atoms with Gasteiger partial charge in [-0.05, 0) is 55.1 Å². The van der Waals surface area contributed by atoms with E-state index in [1.165, 1.54) is 0 Å². The summed E-state index contributed by atoms with van der Waals surface area (Å²) in [5.74, 6) is 0.475. The summed E-state index contributed by atoms with van der Waals surface area (Å²) in [6.07, 6.45) is 0.977. The molecule has 0 aromatic heterocycles. The molecule has 0 aliphatic carbocycles. The molecule has 1 heterocycles. The van der Waals surface area contributed by atoms with Crippen molar-refractivity contribution in [3.8, 4) is 5.75 Å². The van der Waals surface area contributed by atoms with Gasteiger partial charge in [-0.25, -0.2) is 0 Å². The Hall–Kier alpha value is -2.08. The number of halogens is 2. The smallest absolute Gasteiger partial charge is 0.156 e. The monoisotopic (exact) mass is 485 g/mol. The van der Waals surface area contributed by atoms with Crippen LogP contribution < -0.4 is 4.74 Å². The molecular weight excluding hydrogens is 457 g/mol. The summed E-state index contributed by atoms with van der Waals surface area (Å²) in [5, 5.41) is 23.4. The van der Waals surface area contributed by atoms with E-state index in [1.54, 1.807) is 18.2 Å². The van der Waals surface area contributed by atoms with Crippen LogP contribution in [0, 0.1) is 5.92 Å². The Morgan fingerprint density at radius 1 is 0.848 bits per heavy atom. The number of hydrogen-bond acceptors (Lipinski definition) is 4. The van der Waals surface area contributed by atoms with Crippen LogP contribution in [0.5, 0.6) is 5.75 Å². The molecule has 1 saturated heterocycles.